The van der Waals surface area contributed by atoms with Gasteiger partial charge in [-0.25, -0.2) is 0 Å². The van der Waals surface area contributed by atoms with Gasteiger partial charge in [0.1, 0.15) is 13.3 Å². The van der Waals surface area contributed by atoms with Crippen molar-refractivity contribution >= 4 is 13.3 Å². The summed E-state index contributed by atoms with van der Waals surface area (Å²) in [6, 6.07) is 10.4. The number of benzene rings is 1. The lowest BCUT2D eigenvalue weighted by atomic mass is 9.98. The van der Waals surface area contributed by atoms with Crippen LogP contribution in [0.3, 0.4) is 0 Å². The second-order valence-electron chi connectivity index (χ2n) is 7.02. The van der Waals surface area contributed by atoms with E-state index in [2.05, 4.69) is 64.3 Å². The van der Waals surface area contributed by atoms with Crippen molar-refractivity contribution in [3.8, 4) is 0 Å². The van der Waals surface area contributed by atoms with Crippen molar-refractivity contribution in [1.82, 2.24) is 0 Å². The van der Waals surface area contributed by atoms with Gasteiger partial charge >= 0.3 is 0 Å². The molecule has 1 rings (SSSR count). The SMILES string of the molecule is CC(C)=CCCC(C)C(C)(ON=O)[Si](C)(C)c1ccccc1. The van der Waals surface area contributed by atoms with Crippen LogP contribution in [0, 0.1) is 10.8 Å². The van der Waals surface area contributed by atoms with E-state index in [-0.39, 0.29) is 5.92 Å². The first-order valence-electron chi connectivity index (χ1n) is 7.95. The van der Waals surface area contributed by atoms with Crippen LogP contribution in [0.15, 0.2) is 47.3 Å². The lowest BCUT2D eigenvalue weighted by molar-refractivity contribution is -0.0151. The van der Waals surface area contributed by atoms with E-state index >= 15 is 0 Å². The third-order valence-electron chi connectivity index (χ3n) is 5.06. The Morgan fingerprint density at radius 1 is 1.32 bits per heavy atom. The Bertz CT molecular complexity index is 509. The Morgan fingerprint density at radius 2 is 1.91 bits per heavy atom. The van der Waals surface area contributed by atoms with Gasteiger partial charge in [0.25, 0.3) is 0 Å². The van der Waals surface area contributed by atoms with Gasteiger partial charge in [-0.3, -0.25) is 0 Å². The van der Waals surface area contributed by atoms with Crippen LogP contribution in [-0.4, -0.2) is 13.3 Å². The van der Waals surface area contributed by atoms with Crippen LogP contribution in [0.1, 0.15) is 40.5 Å². The molecule has 4 heteroatoms. The first-order chi connectivity index (χ1) is 10.3. The van der Waals surface area contributed by atoms with Crippen LogP contribution < -0.4 is 5.19 Å². The van der Waals surface area contributed by atoms with Crippen molar-refractivity contribution in [3.63, 3.8) is 0 Å². The molecule has 0 heterocycles. The quantitative estimate of drug-likeness (QED) is 0.293. The summed E-state index contributed by atoms with van der Waals surface area (Å²) in [7, 11) is -2.03. The maximum absolute atomic E-state index is 10.9. The zero-order chi connectivity index (χ0) is 16.8. The number of rotatable bonds is 8. The van der Waals surface area contributed by atoms with E-state index in [1.807, 2.05) is 18.2 Å². The van der Waals surface area contributed by atoms with Crippen molar-refractivity contribution in [2.75, 3.05) is 0 Å². The predicted octanol–water partition coefficient (Wildman–Crippen LogP) is 4.98. The second-order valence-corrected chi connectivity index (χ2v) is 11.8. The summed E-state index contributed by atoms with van der Waals surface area (Å²) in [4.78, 5) is 16.4. The van der Waals surface area contributed by atoms with E-state index in [0.717, 1.165) is 12.8 Å². The number of hydrogen-bond acceptors (Lipinski definition) is 3. The van der Waals surface area contributed by atoms with Gasteiger partial charge in [-0.2, -0.15) is 0 Å². The average molecular weight is 320 g/mol. The fourth-order valence-corrected chi connectivity index (χ4v) is 6.18. The van der Waals surface area contributed by atoms with E-state index in [0.29, 0.717) is 0 Å². The molecule has 2 atom stereocenters. The molecule has 122 valence electrons. The molecular formula is C18H29NO2Si. The molecule has 0 fully saturated rings. The van der Waals surface area contributed by atoms with E-state index in [9.17, 15) is 4.91 Å². The van der Waals surface area contributed by atoms with Gasteiger partial charge in [0.2, 0.25) is 0 Å². The van der Waals surface area contributed by atoms with E-state index < -0.39 is 13.3 Å². The summed E-state index contributed by atoms with van der Waals surface area (Å²) < 4.78 is 0. The Kier molecular flexibility index (Phi) is 6.54. The molecule has 3 nitrogen and oxygen atoms in total. The van der Waals surface area contributed by atoms with E-state index in [4.69, 9.17) is 4.84 Å². The van der Waals surface area contributed by atoms with Crippen molar-refractivity contribution in [2.45, 2.75) is 58.9 Å². The molecule has 0 N–H and O–H groups in total. The Hall–Kier alpha value is -1.42. The summed E-state index contributed by atoms with van der Waals surface area (Å²) in [6.07, 6.45) is 4.23. The van der Waals surface area contributed by atoms with Gasteiger partial charge in [0, 0.05) is 0 Å². The molecule has 1 aromatic carbocycles. The number of hydrogen-bond donors (Lipinski definition) is 0. The first-order valence-corrected chi connectivity index (χ1v) is 11.0. The molecule has 22 heavy (non-hydrogen) atoms. The third kappa shape index (κ3) is 4.06. The minimum Gasteiger partial charge on any atom is -0.361 e. The molecule has 0 aromatic heterocycles. The summed E-state index contributed by atoms with van der Waals surface area (Å²) in [5.41, 5.74) is 1.32. The van der Waals surface area contributed by atoms with Crippen LogP contribution in [-0.2, 0) is 4.84 Å². The molecule has 0 saturated carbocycles. The maximum Gasteiger partial charge on any atom is 0.155 e. The normalized spacial score (nSPS) is 15.5. The molecule has 0 amide bonds. The standard InChI is InChI=1S/C18H29NO2Si/c1-15(2)11-10-12-16(3)18(4,21-19-20)22(5,6)17-13-8-7-9-14-17/h7-9,11,13-14,16H,10,12H2,1-6H3. The fourth-order valence-electron chi connectivity index (χ4n) is 2.94. The molecule has 2 unspecified atom stereocenters. The van der Waals surface area contributed by atoms with Gasteiger partial charge in [-0.1, -0.05) is 67.2 Å². The number of allylic oxidation sites excluding steroid dienone is 2. The maximum atomic E-state index is 10.9. The fraction of sp³-hybridized carbons (Fsp3) is 0.556. The highest BCUT2D eigenvalue weighted by atomic mass is 28.3. The molecule has 0 aliphatic heterocycles. The van der Waals surface area contributed by atoms with Crippen molar-refractivity contribution in [3.05, 3.63) is 46.9 Å². The zero-order valence-corrected chi connectivity index (χ0v) is 15.7. The largest absolute Gasteiger partial charge is 0.361 e. The second kappa shape index (κ2) is 7.72. The highest BCUT2D eigenvalue weighted by Gasteiger charge is 2.50. The topological polar surface area (TPSA) is 38.7 Å². The van der Waals surface area contributed by atoms with E-state index in [1.54, 1.807) is 0 Å². The highest BCUT2D eigenvalue weighted by Crippen LogP contribution is 2.35. The number of nitrogens with zero attached hydrogens (tertiary/aromatic N) is 1. The Morgan fingerprint density at radius 3 is 2.41 bits per heavy atom. The lowest BCUT2D eigenvalue weighted by Crippen LogP contribution is -2.64. The highest BCUT2D eigenvalue weighted by molar-refractivity contribution is 6.92. The van der Waals surface area contributed by atoms with Gasteiger partial charge < -0.3 is 4.84 Å². The van der Waals surface area contributed by atoms with Crippen LogP contribution in [0.4, 0.5) is 0 Å². The van der Waals surface area contributed by atoms with Crippen LogP contribution in [0.5, 0.6) is 0 Å². The van der Waals surface area contributed by atoms with E-state index in [1.165, 1.54) is 10.8 Å². The molecule has 0 bridgehead atoms. The smallest absolute Gasteiger partial charge is 0.155 e. The molecule has 0 aliphatic rings. The predicted molar refractivity (Wildman–Crippen MR) is 96.7 cm³/mol. The minimum absolute atomic E-state index is 0.252. The third-order valence-corrected chi connectivity index (χ3v) is 9.90. The molecule has 0 radical (unpaired) electrons. The summed E-state index contributed by atoms with van der Waals surface area (Å²) >= 11 is 0. The lowest BCUT2D eigenvalue weighted by Gasteiger charge is -2.43. The van der Waals surface area contributed by atoms with Crippen LogP contribution in [0.2, 0.25) is 13.1 Å². The van der Waals surface area contributed by atoms with Gasteiger partial charge in [-0.05, 0) is 39.5 Å². The van der Waals surface area contributed by atoms with Crippen molar-refractivity contribution in [1.29, 1.82) is 0 Å². The minimum atomic E-state index is -2.03. The molecule has 0 saturated heterocycles. The first kappa shape index (κ1) is 18.6. The van der Waals surface area contributed by atoms with Gasteiger partial charge in [-0.15, -0.1) is 4.91 Å². The molecule has 0 spiro atoms. The van der Waals surface area contributed by atoms with Crippen molar-refractivity contribution in [2.24, 2.45) is 11.3 Å². The summed E-state index contributed by atoms with van der Waals surface area (Å²) in [5, 5.41) is 3.60. The Labute approximate surface area is 135 Å². The molecule has 0 aliphatic carbocycles. The van der Waals surface area contributed by atoms with Crippen molar-refractivity contribution < 1.29 is 4.84 Å². The molecule has 1 aromatic rings. The summed E-state index contributed by atoms with van der Waals surface area (Å²) in [6.45, 7) is 12.9. The van der Waals surface area contributed by atoms with Gasteiger partial charge in [0.05, 0.1) is 0 Å². The zero-order valence-electron chi connectivity index (χ0n) is 14.7. The summed E-state index contributed by atoms with van der Waals surface area (Å²) in [5.74, 6) is 0.252. The van der Waals surface area contributed by atoms with Gasteiger partial charge in [0.15, 0.2) is 5.34 Å². The monoisotopic (exact) mass is 319 g/mol. The van der Waals surface area contributed by atoms with Crippen LogP contribution in [0.25, 0.3) is 0 Å². The Balaban J connectivity index is 3.07. The molecular weight excluding hydrogens is 290 g/mol. The average Bonchev–Trinajstić information content (AvgIpc) is 2.47. The van der Waals surface area contributed by atoms with Crippen LogP contribution >= 0.6 is 0 Å².